The third-order valence-electron chi connectivity index (χ3n) is 2.35. The Hall–Kier alpha value is -1.69. The maximum absolute atomic E-state index is 13.5. The molecule has 2 N–H and O–H groups in total. The van der Waals surface area contributed by atoms with E-state index < -0.39 is 23.1 Å². The van der Waals surface area contributed by atoms with Gasteiger partial charge in [-0.05, 0) is 23.8 Å². The van der Waals surface area contributed by atoms with Crippen molar-refractivity contribution in [1.82, 2.24) is 10.3 Å². The number of aromatic amines is 1. The minimum Gasteiger partial charge on any atom is -0.367 e. The van der Waals surface area contributed by atoms with Crippen molar-refractivity contribution in [2.75, 3.05) is 0 Å². The monoisotopic (exact) mass is 314 g/mol. The number of rotatable bonds is 3. The summed E-state index contributed by atoms with van der Waals surface area (Å²) in [5.74, 6) is -2.57. The molecule has 6 heteroatoms. The fourth-order valence-corrected chi connectivity index (χ4v) is 1.90. The van der Waals surface area contributed by atoms with Crippen LogP contribution in [0.4, 0.5) is 8.78 Å². The Morgan fingerprint density at radius 3 is 2.56 bits per heavy atom. The number of aromatic nitrogens is 1. The van der Waals surface area contributed by atoms with Gasteiger partial charge in [0, 0.05) is 23.4 Å². The second-order valence-electron chi connectivity index (χ2n) is 3.65. The van der Waals surface area contributed by atoms with Gasteiger partial charge in [0.2, 0.25) is 0 Å². The number of carbonyl (C=O) groups is 1. The van der Waals surface area contributed by atoms with Crippen molar-refractivity contribution in [3.05, 3.63) is 57.8 Å². The number of hydrogen-bond acceptors (Lipinski definition) is 1. The maximum atomic E-state index is 13.5. The summed E-state index contributed by atoms with van der Waals surface area (Å²) in [6.45, 7) is 0.206. The lowest BCUT2D eigenvalue weighted by atomic mass is 10.2. The molecule has 0 aliphatic carbocycles. The molecule has 0 aliphatic rings. The molecular weight excluding hydrogens is 306 g/mol. The molecular formula is C12H9BrF2N2O. The van der Waals surface area contributed by atoms with E-state index in [0.29, 0.717) is 0 Å². The van der Waals surface area contributed by atoms with Crippen LogP contribution in [0, 0.1) is 11.6 Å². The molecule has 18 heavy (non-hydrogen) atoms. The second-order valence-corrected chi connectivity index (χ2v) is 4.56. The Morgan fingerprint density at radius 1 is 1.33 bits per heavy atom. The third-order valence-corrected chi connectivity index (χ3v) is 2.81. The van der Waals surface area contributed by atoms with E-state index in [-0.39, 0.29) is 11.0 Å². The summed E-state index contributed by atoms with van der Waals surface area (Å²) >= 11 is 2.95. The van der Waals surface area contributed by atoms with Gasteiger partial charge >= 0.3 is 0 Å². The molecule has 1 amide bonds. The highest BCUT2D eigenvalue weighted by Gasteiger charge is 2.17. The van der Waals surface area contributed by atoms with Crippen molar-refractivity contribution >= 4 is 21.8 Å². The van der Waals surface area contributed by atoms with Crippen LogP contribution in [-0.4, -0.2) is 10.9 Å². The maximum Gasteiger partial charge on any atom is 0.257 e. The number of nitrogens with one attached hydrogen (secondary N) is 2. The summed E-state index contributed by atoms with van der Waals surface area (Å²) in [7, 11) is 0. The van der Waals surface area contributed by atoms with Crippen molar-refractivity contribution in [3.8, 4) is 0 Å². The number of benzene rings is 1. The van der Waals surface area contributed by atoms with E-state index in [2.05, 4.69) is 26.2 Å². The first-order valence-electron chi connectivity index (χ1n) is 5.12. The lowest BCUT2D eigenvalue weighted by Gasteiger charge is -2.06. The zero-order valence-corrected chi connectivity index (χ0v) is 10.7. The third kappa shape index (κ3) is 2.76. The summed E-state index contributed by atoms with van der Waals surface area (Å²) in [5.41, 5.74) is 0.245. The van der Waals surface area contributed by atoms with Crippen LogP contribution in [0.2, 0.25) is 0 Å². The molecule has 94 valence electrons. The number of halogens is 3. The minimum absolute atomic E-state index is 0.206. The van der Waals surface area contributed by atoms with Crippen LogP contribution in [0.1, 0.15) is 15.9 Å². The van der Waals surface area contributed by atoms with E-state index in [1.165, 1.54) is 0 Å². The summed E-state index contributed by atoms with van der Waals surface area (Å²) < 4.78 is 27.2. The quantitative estimate of drug-likeness (QED) is 0.898. The van der Waals surface area contributed by atoms with Gasteiger partial charge in [0.1, 0.15) is 17.2 Å². The highest BCUT2D eigenvalue weighted by atomic mass is 79.9. The van der Waals surface area contributed by atoms with E-state index in [1.54, 1.807) is 18.5 Å². The summed E-state index contributed by atoms with van der Waals surface area (Å²) in [5, 5.41) is 2.45. The fourth-order valence-electron chi connectivity index (χ4n) is 1.50. The standard InChI is InChI=1S/C12H9BrF2N2O/c13-8-3-9(14)11(10(15)4-8)12(18)17-6-7-1-2-16-5-7/h1-5,16H,6H2,(H,17,18). The van der Waals surface area contributed by atoms with Crippen molar-refractivity contribution in [1.29, 1.82) is 0 Å². The van der Waals surface area contributed by atoms with Crippen LogP contribution in [0.3, 0.4) is 0 Å². The summed E-state index contributed by atoms with van der Waals surface area (Å²) in [6, 6.07) is 3.86. The molecule has 2 rings (SSSR count). The first-order chi connectivity index (χ1) is 8.58. The molecule has 0 saturated carbocycles. The van der Waals surface area contributed by atoms with Crippen LogP contribution in [0.25, 0.3) is 0 Å². The lowest BCUT2D eigenvalue weighted by molar-refractivity contribution is 0.0942. The Balaban J connectivity index is 2.14. The number of hydrogen-bond donors (Lipinski definition) is 2. The van der Waals surface area contributed by atoms with Gasteiger partial charge in [0.05, 0.1) is 0 Å². The Morgan fingerprint density at radius 2 is 2.00 bits per heavy atom. The highest BCUT2D eigenvalue weighted by molar-refractivity contribution is 9.10. The zero-order chi connectivity index (χ0) is 13.1. The van der Waals surface area contributed by atoms with Crippen LogP contribution < -0.4 is 5.32 Å². The molecule has 1 aromatic carbocycles. The zero-order valence-electron chi connectivity index (χ0n) is 9.14. The molecule has 0 fully saturated rings. The van der Waals surface area contributed by atoms with Gasteiger partial charge in [-0.1, -0.05) is 15.9 Å². The highest BCUT2D eigenvalue weighted by Crippen LogP contribution is 2.19. The van der Waals surface area contributed by atoms with Crippen LogP contribution in [-0.2, 0) is 6.54 Å². The van der Waals surface area contributed by atoms with Gasteiger partial charge in [-0.15, -0.1) is 0 Å². The summed E-state index contributed by atoms with van der Waals surface area (Å²) in [4.78, 5) is 14.5. The average Bonchev–Trinajstić information content (AvgIpc) is 2.77. The van der Waals surface area contributed by atoms with E-state index in [0.717, 1.165) is 17.7 Å². The Bertz CT molecular complexity index is 546. The SMILES string of the molecule is O=C(NCc1cc[nH]c1)c1c(F)cc(Br)cc1F. The fraction of sp³-hybridized carbons (Fsp3) is 0.0833. The molecule has 1 heterocycles. The average molecular weight is 315 g/mol. The first kappa shape index (κ1) is 12.8. The molecule has 2 aromatic rings. The molecule has 0 atom stereocenters. The normalized spacial score (nSPS) is 10.4. The Kier molecular flexibility index (Phi) is 3.76. The molecule has 0 unspecified atom stereocenters. The van der Waals surface area contributed by atoms with Crippen molar-refractivity contribution in [2.24, 2.45) is 0 Å². The molecule has 3 nitrogen and oxygen atoms in total. The van der Waals surface area contributed by atoms with Gasteiger partial charge in [0.25, 0.3) is 5.91 Å². The lowest BCUT2D eigenvalue weighted by Crippen LogP contribution is -2.24. The van der Waals surface area contributed by atoms with Crippen LogP contribution in [0.5, 0.6) is 0 Å². The molecule has 1 aromatic heterocycles. The number of amides is 1. The van der Waals surface area contributed by atoms with E-state index >= 15 is 0 Å². The summed E-state index contributed by atoms with van der Waals surface area (Å²) in [6.07, 6.45) is 3.39. The smallest absolute Gasteiger partial charge is 0.257 e. The van der Waals surface area contributed by atoms with E-state index in [4.69, 9.17) is 0 Å². The molecule has 0 aliphatic heterocycles. The van der Waals surface area contributed by atoms with E-state index in [9.17, 15) is 13.6 Å². The molecule has 0 spiro atoms. The van der Waals surface area contributed by atoms with Crippen LogP contribution in [0.15, 0.2) is 35.1 Å². The topological polar surface area (TPSA) is 44.9 Å². The molecule has 0 radical (unpaired) electrons. The van der Waals surface area contributed by atoms with Crippen molar-refractivity contribution in [2.45, 2.75) is 6.54 Å². The van der Waals surface area contributed by atoms with Gasteiger partial charge < -0.3 is 10.3 Å². The second kappa shape index (κ2) is 5.30. The minimum atomic E-state index is -0.895. The first-order valence-corrected chi connectivity index (χ1v) is 5.91. The van der Waals surface area contributed by atoms with E-state index in [1.807, 2.05) is 0 Å². The van der Waals surface area contributed by atoms with Gasteiger partial charge in [-0.25, -0.2) is 8.78 Å². The predicted octanol–water partition coefficient (Wildman–Crippen LogP) is 2.99. The molecule has 0 saturated heterocycles. The van der Waals surface area contributed by atoms with Crippen molar-refractivity contribution in [3.63, 3.8) is 0 Å². The van der Waals surface area contributed by atoms with Crippen molar-refractivity contribution < 1.29 is 13.6 Å². The number of carbonyl (C=O) groups excluding carboxylic acids is 1. The molecule has 0 bridgehead atoms. The van der Waals surface area contributed by atoms with Crippen LogP contribution >= 0.6 is 15.9 Å². The van der Waals surface area contributed by atoms with Gasteiger partial charge in [-0.2, -0.15) is 0 Å². The van der Waals surface area contributed by atoms with Gasteiger partial charge in [0.15, 0.2) is 0 Å². The largest absolute Gasteiger partial charge is 0.367 e. The number of H-pyrrole nitrogens is 1. The Labute approximate surface area is 110 Å². The predicted molar refractivity (Wildman–Crippen MR) is 66.0 cm³/mol. The van der Waals surface area contributed by atoms with Gasteiger partial charge in [-0.3, -0.25) is 4.79 Å².